The van der Waals surface area contributed by atoms with E-state index in [1.807, 2.05) is 0 Å². The van der Waals surface area contributed by atoms with Gasteiger partial charge in [0, 0.05) is 32.1 Å². The molecule has 0 spiro atoms. The van der Waals surface area contributed by atoms with Gasteiger partial charge in [-0.25, -0.2) is 0 Å². The van der Waals surface area contributed by atoms with E-state index in [-0.39, 0.29) is 11.7 Å². The summed E-state index contributed by atoms with van der Waals surface area (Å²) in [4.78, 5) is 22.7. The van der Waals surface area contributed by atoms with Crippen LogP contribution in [0.5, 0.6) is 5.75 Å². The molecular formula is C11H11FN2O4. The first kappa shape index (κ1) is 12.3. The van der Waals surface area contributed by atoms with Crippen molar-refractivity contribution in [3.8, 4) is 5.75 Å². The second-order valence-corrected chi connectivity index (χ2v) is 4.03. The Morgan fingerprint density at radius 2 is 2.28 bits per heavy atom. The molecule has 1 heterocycles. The Balaban J connectivity index is 2.14. The maximum atomic E-state index is 13.3. The van der Waals surface area contributed by atoms with Gasteiger partial charge in [0.1, 0.15) is 5.75 Å². The third-order valence-corrected chi connectivity index (χ3v) is 2.77. The zero-order valence-electron chi connectivity index (χ0n) is 9.63. The van der Waals surface area contributed by atoms with Crippen molar-refractivity contribution in [2.75, 3.05) is 13.6 Å². The summed E-state index contributed by atoms with van der Waals surface area (Å²) in [5, 5.41) is 10.4. The van der Waals surface area contributed by atoms with E-state index in [2.05, 4.69) is 0 Å². The highest BCUT2D eigenvalue weighted by Gasteiger charge is 2.31. The number of nitrogens with zero attached hydrogens (tertiary/aromatic N) is 2. The van der Waals surface area contributed by atoms with Gasteiger partial charge in [-0.3, -0.25) is 14.9 Å². The quantitative estimate of drug-likeness (QED) is 0.602. The zero-order valence-corrected chi connectivity index (χ0v) is 9.63. The molecule has 96 valence electrons. The number of carbonyl (C=O) groups excluding carboxylic acids is 1. The SMILES string of the molecule is CN1CCC(Oc2ccc([N+](=O)[O-])c(F)c2)C1=O. The second-order valence-electron chi connectivity index (χ2n) is 4.03. The minimum atomic E-state index is -0.976. The Hall–Kier alpha value is -2.18. The summed E-state index contributed by atoms with van der Waals surface area (Å²) < 4.78 is 18.7. The van der Waals surface area contributed by atoms with Crippen LogP contribution in [0.1, 0.15) is 6.42 Å². The summed E-state index contributed by atoms with van der Waals surface area (Å²) in [7, 11) is 1.65. The average Bonchev–Trinajstić information content (AvgIpc) is 2.61. The van der Waals surface area contributed by atoms with Crippen LogP contribution >= 0.6 is 0 Å². The van der Waals surface area contributed by atoms with Gasteiger partial charge in [0.25, 0.3) is 5.91 Å². The predicted molar refractivity (Wildman–Crippen MR) is 59.7 cm³/mol. The van der Waals surface area contributed by atoms with Crippen molar-refractivity contribution in [2.24, 2.45) is 0 Å². The number of carbonyl (C=O) groups is 1. The van der Waals surface area contributed by atoms with Crippen LogP contribution in [0.25, 0.3) is 0 Å². The molecule has 1 aliphatic rings. The van der Waals surface area contributed by atoms with Crippen LogP contribution in [-0.4, -0.2) is 35.4 Å². The smallest absolute Gasteiger partial charge is 0.305 e. The van der Waals surface area contributed by atoms with E-state index in [0.717, 1.165) is 12.1 Å². The molecule has 1 amide bonds. The molecule has 1 atom stereocenters. The lowest BCUT2D eigenvalue weighted by molar-refractivity contribution is -0.387. The highest BCUT2D eigenvalue weighted by atomic mass is 19.1. The lowest BCUT2D eigenvalue weighted by Gasteiger charge is -2.12. The summed E-state index contributed by atoms with van der Waals surface area (Å²) in [6.07, 6.45) is -0.121. The van der Waals surface area contributed by atoms with Crippen LogP contribution in [0.4, 0.5) is 10.1 Å². The molecule has 1 aromatic carbocycles. The molecular weight excluding hydrogens is 243 g/mol. The van der Waals surface area contributed by atoms with Crippen LogP contribution in [0.15, 0.2) is 18.2 Å². The van der Waals surface area contributed by atoms with E-state index in [1.54, 1.807) is 7.05 Å². The second kappa shape index (κ2) is 4.59. The summed E-state index contributed by atoms with van der Waals surface area (Å²) in [6, 6.07) is 3.23. The summed E-state index contributed by atoms with van der Waals surface area (Å²) in [5.41, 5.74) is -0.614. The molecule has 0 radical (unpaired) electrons. The first-order valence-electron chi connectivity index (χ1n) is 5.34. The number of rotatable bonds is 3. The third-order valence-electron chi connectivity index (χ3n) is 2.77. The van der Waals surface area contributed by atoms with Gasteiger partial charge in [-0.1, -0.05) is 0 Å². The molecule has 1 fully saturated rings. The fourth-order valence-corrected chi connectivity index (χ4v) is 1.77. The van der Waals surface area contributed by atoms with Crippen LogP contribution < -0.4 is 4.74 Å². The fraction of sp³-hybridized carbons (Fsp3) is 0.364. The normalized spacial score (nSPS) is 19.1. The average molecular weight is 254 g/mol. The van der Waals surface area contributed by atoms with Crippen molar-refractivity contribution < 1.29 is 18.8 Å². The van der Waals surface area contributed by atoms with Gasteiger partial charge >= 0.3 is 5.69 Å². The van der Waals surface area contributed by atoms with Gasteiger partial charge in [-0.2, -0.15) is 4.39 Å². The van der Waals surface area contributed by atoms with Crippen LogP contribution in [0, 0.1) is 15.9 Å². The molecule has 2 rings (SSSR count). The van der Waals surface area contributed by atoms with Crippen molar-refractivity contribution >= 4 is 11.6 Å². The standard InChI is InChI=1S/C11H11FN2O4/c1-13-5-4-10(11(13)15)18-7-2-3-9(14(16)17)8(12)6-7/h2-3,6,10H,4-5H2,1H3. The zero-order chi connectivity index (χ0) is 13.3. The van der Waals surface area contributed by atoms with Crippen molar-refractivity contribution in [2.45, 2.75) is 12.5 Å². The van der Waals surface area contributed by atoms with E-state index in [1.165, 1.54) is 11.0 Å². The van der Waals surface area contributed by atoms with Gasteiger partial charge in [0.2, 0.25) is 5.82 Å². The van der Waals surface area contributed by atoms with Crippen LogP contribution in [-0.2, 0) is 4.79 Å². The highest BCUT2D eigenvalue weighted by Crippen LogP contribution is 2.24. The molecule has 1 unspecified atom stereocenters. The molecule has 0 aliphatic carbocycles. The Morgan fingerprint density at radius 3 is 2.78 bits per heavy atom. The first-order valence-corrected chi connectivity index (χ1v) is 5.34. The van der Waals surface area contributed by atoms with Gasteiger partial charge in [0.15, 0.2) is 6.10 Å². The topological polar surface area (TPSA) is 72.7 Å². The van der Waals surface area contributed by atoms with Gasteiger partial charge < -0.3 is 9.64 Å². The number of likely N-dealkylation sites (tertiary alicyclic amines) is 1. The number of nitro groups is 1. The number of nitro benzene ring substituents is 1. The summed E-state index contributed by atoms with van der Waals surface area (Å²) >= 11 is 0. The molecule has 7 heteroatoms. The van der Waals surface area contributed by atoms with Gasteiger partial charge in [-0.15, -0.1) is 0 Å². The Labute approximate surface area is 102 Å². The minimum Gasteiger partial charge on any atom is -0.480 e. The van der Waals surface area contributed by atoms with E-state index < -0.39 is 22.5 Å². The highest BCUT2D eigenvalue weighted by molar-refractivity contribution is 5.83. The van der Waals surface area contributed by atoms with E-state index in [0.29, 0.717) is 13.0 Å². The molecule has 6 nitrogen and oxygen atoms in total. The fourth-order valence-electron chi connectivity index (χ4n) is 1.77. The lowest BCUT2D eigenvalue weighted by Crippen LogP contribution is -2.29. The Morgan fingerprint density at radius 1 is 1.56 bits per heavy atom. The molecule has 18 heavy (non-hydrogen) atoms. The largest absolute Gasteiger partial charge is 0.480 e. The molecule has 0 aromatic heterocycles. The monoisotopic (exact) mass is 254 g/mol. The minimum absolute atomic E-state index is 0.117. The molecule has 1 aromatic rings. The first-order chi connectivity index (χ1) is 8.49. The number of amides is 1. The number of hydrogen-bond acceptors (Lipinski definition) is 4. The maximum Gasteiger partial charge on any atom is 0.305 e. The molecule has 1 saturated heterocycles. The molecule has 0 N–H and O–H groups in total. The summed E-state index contributed by atoms with van der Waals surface area (Å²) in [5.74, 6) is -1.03. The maximum absolute atomic E-state index is 13.3. The molecule has 0 bridgehead atoms. The number of benzene rings is 1. The van der Waals surface area contributed by atoms with E-state index >= 15 is 0 Å². The summed E-state index contributed by atoms with van der Waals surface area (Å²) in [6.45, 7) is 0.582. The van der Waals surface area contributed by atoms with Crippen molar-refractivity contribution in [1.29, 1.82) is 0 Å². The van der Waals surface area contributed by atoms with Crippen LogP contribution in [0.2, 0.25) is 0 Å². The van der Waals surface area contributed by atoms with E-state index in [9.17, 15) is 19.3 Å². The Kier molecular flexibility index (Phi) is 3.14. The van der Waals surface area contributed by atoms with E-state index in [4.69, 9.17) is 4.74 Å². The third kappa shape index (κ3) is 2.24. The molecule has 1 aliphatic heterocycles. The Bertz CT molecular complexity index is 506. The predicted octanol–water partition coefficient (Wildman–Crippen LogP) is 1.34. The number of halogens is 1. The lowest BCUT2D eigenvalue weighted by atomic mass is 10.2. The van der Waals surface area contributed by atoms with Gasteiger partial charge in [0.05, 0.1) is 4.92 Å². The molecule has 0 saturated carbocycles. The number of likely N-dealkylation sites (N-methyl/N-ethyl adjacent to an activating group) is 1. The number of hydrogen-bond donors (Lipinski definition) is 0. The van der Waals surface area contributed by atoms with Crippen molar-refractivity contribution in [1.82, 2.24) is 4.90 Å². The van der Waals surface area contributed by atoms with Gasteiger partial charge in [-0.05, 0) is 6.07 Å². The van der Waals surface area contributed by atoms with Crippen molar-refractivity contribution in [3.05, 3.63) is 34.1 Å². The van der Waals surface area contributed by atoms with Crippen molar-refractivity contribution in [3.63, 3.8) is 0 Å². The van der Waals surface area contributed by atoms with Crippen LogP contribution in [0.3, 0.4) is 0 Å². The number of ether oxygens (including phenoxy) is 1.